The lowest BCUT2D eigenvalue weighted by Crippen LogP contribution is -2.50. The van der Waals surface area contributed by atoms with E-state index in [1.54, 1.807) is 17.0 Å². The first-order valence-electron chi connectivity index (χ1n) is 9.67. The van der Waals surface area contributed by atoms with Crippen molar-refractivity contribution in [1.29, 1.82) is 0 Å². The summed E-state index contributed by atoms with van der Waals surface area (Å²) in [4.78, 5) is 14.3. The molecule has 0 saturated carbocycles. The summed E-state index contributed by atoms with van der Waals surface area (Å²) in [5.41, 5.74) is 1.11. The SMILES string of the molecule is CC(C)COCCC(=O)N1CCN(S(=O)(=O)c2ccc(C(C)C)cc2)CC1. The van der Waals surface area contributed by atoms with Crippen molar-refractivity contribution in [3.05, 3.63) is 29.8 Å². The van der Waals surface area contributed by atoms with Crippen molar-refractivity contribution in [2.24, 2.45) is 5.92 Å². The Balaban J connectivity index is 1.87. The second-order valence-corrected chi connectivity index (χ2v) is 9.67. The van der Waals surface area contributed by atoms with Crippen LogP contribution in [-0.2, 0) is 19.6 Å². The summed E-state index contributed by atoms with van der Waals surface area (Å²) >= 11 is 0. The molecule has 1 amide bonds. The van der Waals surface area contributed by atoms with E-state index in [0.29, 0.717) is 62.5 Å². The maximum absolute atomic E-state index is 12.8. The van der Waals surface area contributed by atoms with E-state index in [1.807, 2.05) is 12.1 Å². The molecule has 0 N–H and O–H groups in total. The predicted molar refractivity (Wildman–Crippen MR) is 106 cm³/mol. The molecule has 0 aromatic heterocycles. The van der Waals surface area contributed by atoms with E-state index in [9.17, 15) is 13.2 Å². The molecule has 0 aliphatic carbocycles. The molecule has 27 heavy (non-hydrogen) atoms. The smallest absolute Gasteiger partial charge is 0.243 e. The van der Waals surface area contributed by atoms with Crippen LogP contribution in [0.4, 0.5) is 0 Å². The van der Waals surface area contributed by atoms with Gasteiger partial charge in [0.1, 0.15) is 0 Å². The van der Waals surface area contributed by atoms with Crippen molar-refractivity contribution in [2.75, 3.05) is 39.4 Å². The zero-order valence-corrected chi connectivity index (χ0v) is 17.7. The number of hydrogen-bond donors (Lipinski definition) is 0. The summed E-state index contributed by atoms with van der Waals surface area (Å²) < 4.78 is 32.6. The number of ether oxygens (including phenoxy) is 1. The highest BCUT2D eigenvalue weighted by Crippen LogP contribution is 2.21. The molecule has 0 unspecified atom stereocenters. The first kappa shape index (κ1) is 21.9. The van der Waals surface area contributed by atoms with Crippen LogP contribution >= 0.6 is 0 Å². The molecule has 1 fully saturated rings. The van der Waals surface area contributed by atoms with Gasteiger partial charge in [-0.15, -0.1) is 0 Å². The number of carbonyl (C=O) groups excluding carboxylic acids is 1. The van der Waals surface area contributed by atoms with E-state index >= 15 is 0 Å². The van der Waals surface area contributed by atoms with Crippen LogP contribution < -0.4 is 0 Å². The molecular weight excluding hydrogens is 364 g/mol. The van der Waals surface area contributed by atoms with Crippen LogP contribution in [-0.4, -0.2) is 62.9 Å². The Morgan fingerprint density at radius 3 is 2.15 bits per heavy atom. The molecule has 0 radical (unpaired) electrons. The number of sulfonamides is 1. The van der Waals surface area contributed by atoms with Gasteiger partial charge >= 0.3 is 0 Å². The Morgan fingerprint density at radius 2 is 1.63 bits per heavy atom. The molecule has 1 heterocycles. The second kappa shape index (κ2) is 9.66. The fourth-order valence-corrected chi connectivity index (χ4v) is 4.41. The lowest BCUT2D eigenvalue weighted by atomic mass is 10.0. The van der Waals surface area contributed by atoms with Crippen LogP contribution in [0.1, 0.15) is 45.6 Å². The van der Waals surface area contributed by atoms with Gasteiger partial charge in [-0.05, 0) is 29.5 Å². The van der Waals surface area contributed by atoms with Gasteiger partial charge in [-0.1, -0.05) is 39.8 Å². The third-order valence-electron chi connectivity index (χ3n) is 4.69. The van der Waals surface area contributed by atoms with E-state index in [0.717, 1.165) is 5.56 Å². The van der Waals surface area contributed by atoms with Crippen molar-refractivity contribution >= 4 is 15.9 Å². The molecule has 1 aromatic rings. The Morgan fingerprint density at radius 1 is 1.04 bits per heavy atom. The monoisotopic (exact) mass is 396 g/mol. The van der Waals surface area contributed by atoms with Gasteiger partial charge < -0.3 is 9.64 Å². The molecule has 1 aliphatic rings. The number of benzene rings is 1. The van der Waals surface area contributed by atoms with Crippen LogP contribution in [0.25, 0.3) is 0 Å². The summed E-state index contributed by atoms with van der Waals surface area (Å²) in [5, 5.41) is 0. The molecule has 6 nitrogen and oxygen atoms in total. The van der Waals surface area contributed by atoms with E-state index in [4.69, 9.17) is 4.74 Å². The minimum Gasteiger partial charge on any atom is -0.381 e. The van der Waals surface area contributed by atoms with Crippen LogP contribution in [0.3, 0.4) is 0 Å². The van der Waals surface area contributed by atoms with Gasteiger partial charge in [0.2, 0.25) is 15.9 Å². The van der Waals surface area contributed by atoms with Crippen LogP contribution in [0.15, 0.2) is 29.2 Å². The van der Waals surface area contributed by atoms with Crippen molar-refractivity contribution in [2.45, 2.75) is 44.9 Å². The normalized spacial score (nSPS) is 16.3. The highest BCUT2D eigenvalue weighted by Gasteiger charge is 2.29. The Kier molecular flexibility index (Phi) is 7.82. The molecule has 0 spiro atoms. The van der Waals surface area contributed by atoms with Gasteiger partial charge in [0.25, 0.3) is 0 Å². The summed E-state index contributed by atoms with van der Waals surface area (Å²) in [5.74, 6) is 0.835. The summed E-state index contributed by atoms with van der Waals surface area (Å²) in [6.07, 6.45) is 0.343. The number of hydrogen-bond acceptors (Lipinski definition) is 4. The van der Waals surface area contributed by atoms with Crippen molar-refractivity contribution in [3.8, 4) is 0 Å². The molecule has 152 valence electrons. The molecular formula is C20H32N2O4S. The van der Waals surface area contributed by atoms with Crippen LogP contribution in [0.2, 0.25) is 0 Å². The molecule has 2 rings (SSSR count). The second-order valence-electron chi connectivity index (χ2n) is 7.73. The zero-order valence-electron chi connectivity index (χ0n) is 16.8. The molecule has 7 heteroatoms. The molecule has 1 saturated heterocycles. The minimum atomic E-state index is -3.51. The molecule has 1 aromatic carbocycles. The lowest BCUT2D eigenvalue weighted by molar-refractivity contribution is -0.133. The number of carbonyl (C=O) groups is 1. The van der Waals surface area contributed by atoms with Crippen LogP contribution in [0.5, 0.6) is 0 Å². The third kappa shape index (κ3) is 6.02. The predicted octanol–water partition coefficient (Wildman–Crippen LogP) is 2.71. The number of piperazine rings is 1. The Labute approximate surface area is 163 Å². The van der Waals surface area contributed by atoms with E-state index < -0.39 is 10.0 Å². The average Bonchev–Trinajstić information content (AvgIpc) is 2.65. The lowest BCUT2D eigenvalue weighted by Gasteiger charge is -2.34. The Hall–Kier alpha value is -1.44. The van der Waals surface area contributed by atoms with Gasteiger partial charge in [-0.3, -0.25) is 4.79 Å². The highest BCUT2D eigenvalue weighted by atomic mass is 32.2. The molecule has 0 bridgehead atoms. The van der Waals surface area contributed by atoms with Gasteiger partial charge in [-0.2, -0.15) is 4.31 Å². The first-order chi connectivity index (χ1) is 12.7. The topological polar surface area (TPSA) is 66.9 Å². The fourth-order valence-electron chi connectivity index (χ4n) is 2.99. The quantitative estimate of drug-likeness (QED) is 0.634. The Bertz CT molecular complexity index is 706. The summed E-state index contributed by atoms with van der Waals surface area (Å²) in [6, 6.07) is 7.09. The molecule has 1 aliphatic heterocycles. The maximum Gasteiger partial charge on any atom is 0.243 e. The van der Waals surface area contributed by atoms with Crippen molar-refractivity contribution in [1.82, 2.24) is 9.21 Å². The first-order valence-corrected chi connectivity index (χ1v) is 11.1. The standard InChI is InChI=1S/C20H32N2O4S/c1-16(2)15-26-14-9-20(23)21-10-12-22(13-11-21)27(24,25)19-7-5-18(6-8-19)17(3)4/h5-8,16-17H,9-15H2,1-4H3. The van der Waals surface area contributed by atoms with E-state index in [-0.39, 0.29) is 5.91 Å². The summed E-state index contributed by atoms with van der Waals surface area (Å²) in [7, 11) is -3.51. The molecule has 0 atom stereocenters. The largest absolute Gasteiger partial charge is 0.381 e. The number of nitrogens with zero attached hydrogens (tertiary/aromatic N) is 2. The van der Waals surface area contributed by atoms with Gasteiger partial charge in [-0.25, -0.2) is 8.42 Å². The van der Waals surface area contributed by atoms with E-state index in [2.05, 4.69) is 27.7 Å². The summed E-state index contributed by atoms with van der Waals surface area (Å²) in [6.45, 7) is 10.8. The van der Waals surface area contributed by atoms with Gasteiger partial charge in [0.15, 0.2) is 0 Å². The average molecular weight is 397 g/mol. The van der Waals surface area contributed by atoms with Gasteiger partial charge in [0, 0.05) is 32.8 Å². The van der Waals surface area contributed by atoms with Crippen LogP contribution in [0, 0.1) is 5.92 Å². The zero-order chi connectivity index (χ0) is 20.0. The van der Waals surface area contributed by atoms with Gasteiger partial charge in [0.05, 0.1) is 17.9 Å². The third-order valence-corrected chi connectivity index (χ3v) is 6.60. The highest BCUT2D eigenvalue weighted by molar-refractivity contribution is 7.89. The number of amides is 1. The minimum absolute atomic E-state index is 0.0251. The fraction of sp³-hybridized carbons (Fsp3) is 0.650. The maximum atomic E-state index is 12.8. The number of rotatable bonds is 8. The van der Waals surface area contributed by atoms with Crippen molar-refractivity contribution in [3.63, 3.8) is 0 Å². The van der Waals surface area contributed by atoms with Crippen molar-refractivity contribution < 1.29 is 17.9 Å². The van der Waals surface area contributed by atoms with E-state index in [1.165, 1.54) is 4.31 Å².